The van der Waals surface area contributed by atoms with E-state index in [9.17, 15) is 9.59 Å². The summed E-state index contributed by atoms with van der Waals surface area (Å²) in [5.74, 6) is -1.52. The molecular formula is C15H30O7. The fourth-order valence-electron chi connectivity index (χ4n) is 1.52. The molecule has 132 valence electrons. The molecule has 0 aliphatic carbocycles. The van der Waals surface area contributed by atoms with Crippen molar-refractivity contribution in [1.29, 1.82) is 0 Å². The summed E-state index contributed by atoms with van der Waals surface area (Å²) >= 11 is 0. The number of aliphatic hydroxyl groups is 2. The third-order valence-electron chi connectivity index (χ3n) is 2.67. The lowest BCUT2D eigenvalue weighted by Gasteiger charge is -1.99. The Morgan fingerprint density at radius 2 is 1.00 bits per heavy atom. The van der Waals surface area contributed by atoms with Crippen LogP contribution in [0.15, 0.2) is 0 Å². The van der Waals surface area contributed by atoms with Gasteiger partial charge in [0.2, 0.25) is 0 Å². The molecule has 0 saturated heterocycles. The fraction of sp³-hybridized carbons (Fsp3) is 0.867. The molecule has 0 atom stereocenters. The Morgan fingerprint density at radius 1 is 0.636 bits per heavy atom. The lowest BCUT2D eigenvalue weighted by molar-refractivity contribution is -0.138. The summed E-state index contributed by atoms with van der Waals surface area (Å²) in [5.41, 5.74) is 0. The molecule has 7 nitrogen and oxygen atoms in total. The molecular weight excluding hydrogens is 292 g/mol. The van der Waals surface area contributed by atoms with Gasteiger partial charge in [-0.25, -0.2) is 0 Å². The van der Waals surface area contributed by atoms with E-state index >= 15 is 0 Å². The van der Waals surface area contributed by atoms with Crippen molar-refractivity contribution in [3.63, 3.8) is 0 Å². The topological polar surface area (TPSA) is 124 Å². The number of unbranched alkanes of at least 4 members (excludes halogenated alkanes) is 4. The highest BCUT2D eigenvalue weighted by Crippen LogP contribution is 2.06. The number of rotatable bonds is 14. The van der Waals surface area contributed by atoms with Gasteiger partial charge in [0.1, 0.15) is 0 Å². The molecule has 4 N–H and O–H groups in total. The second-order valence-electron chi connectivity index (χ2n) is 4.82. The first-order valence-electron chi connectivity index (χ1n) is 7.77. The smallest absolute Gasteiger partial charge is 0.303 e. The highest BCUT2D eigenvalue weighted by Gasteiger charge is 1.98. The minimum absolute atomic E-state index is 0.180. The van der Waals surface area contributed by atoms with Gasteiger partial charge >= 0.3 is 11.9 Å². The second kappa shape index (κ2) is 19.8. The van der Waals surface area contributed by atoms with Gasteiger partial charge in [0, 0.05) is 39.3 Å². The van der Waals surface area contributed by atoms with Crippen molar-refractivity contribution in [2.24, 2.45) is 0 Å². The van der Waals surface area contributed by atoms with Crippen LogP contribution in [0, 0.1) is 0 Å². The third-order valence-corrected chi connectivity index (χ3v) is 2.67. The van der Waals surface area contributed by atoms with Crippen LogP contribution in [0.2, 0.25) is 0 Å². The number of ether oxygens (including phenoxy) is 1. The number of carboxylic acids is 2. The largest absolute Gasteiger partial charge is 0.481 e. The number of aliphatic carboxylic acids is 2. The maximum Gasteiger partial charge on any atom is 0.303 e. The molecule has 0 rings (SSSR count). The lowest BCUT2D eigenvalue weighted by Crippen LogP contribution is -2.00. The third kappa shape index (κ3) is 27.2. The van der Waals surface area contributed by atoms with Gasteiger partial charge in [0.25, 0.3) is 0 Å². The zero-order valence-electron chi connectivity index (χ0n) is 13.2. The van der Waals surface area contributed by atoms with Crippen molar-refractivity contribution < 1.29 is 34.8 Å². The van der Waals surface area contributed by atoms with Crippen molar-refractivity contribution in [3.05, 3.63) is 0 Å². The maximum atomic E-state index is 10.1. The lowest BCUT2D eigenvalue weighted by atomic mass is 10.1. The molecule has 0 aliphatic rings. The van der Waals surface area contributed by atoms with Gasteiger partial charge in [-0.05, 0) is 25.7 Å². The highest BCUT2D eigenvalue weighted by molar-refractivity contribution is 5.66. The first-order chi connectivity index (χ1) is 10.5. The molecule has 0 amide bonds. The number of hydrogen-bond donors (Lipinski definition) is 4. The summed E-state index contributed by atoms with van der Waals surface area (Å²) in [4.78, 5) is 20.2. The Labute approximate surface area is 131 Å². The molecule has 0 bridgehead atoms. The minimum atomic E-state index is -0.759. The summed E-state index contributed by atoms with van der Waals surface area (Å²) in [5, 5.41) is 33.2. The van der Waals surface area contributed by atoms with Crippen molar-refractivity contribution in [1.82, 2.24) is 0 Å². The Bertz CT molecular complexity index is 232. The number of carbonyl (C=O) groups is 2. The number of hydrogen-bond acceptors (Lipinski definition) is 5. The van der Waals surface area contributed by atoms with E-state index in [1.165, 1.54) is 0 Å². The van der Waals surface area contributed by atoms with E-state index in [1.54, 1.807) is 0 Å². The summed E-state index contributed by atoms with van der Waals surface area (Å²) in [6, 6.07) is 0. The molecule has 0 spiro atoms. The molecule has 0 aromatic heterocycles. The molecule has 0 heterocycles. The van der Waals surface area contributed by atoms with Crippen LogP contribution in [0.3, 0.4) is 0 Å². The van der Waals surface area contributed by atoms with Crippen molar-refractivity contribution in [3.8, 4) is 0 Å². The highest BCUT2D eigenvalue weighted by atomic mass is 16.5. The van der Waals surface area contributed by atoms with Gasteiger partial charge in [-0.1, -0.05) is 19.3 Å². The van der Waals surface area contributed by atoms with Gasteiger partial charge in [0.05, 0.1) is 0 Å². The van der Waals surface area contributed by atoms with Gasteiger partial charge in [-0.15, -0.1) is 0 Å². The first kappa shape index (κ1) is 23.1. The monoisotopic (exact) mass is 322 g/mol. The molecule has 0 fully saturated rings. The van der Waals surface area contributed by atoms with Crippen LogP contribution >= 0.6 is 0 Å². The SMILES string of the molecule is O=C(O)CCCCCCCC(=O)O.OCCCOCCCO. The van der Waals surface area contributed by atoms with E-state index in [-0.39, 0.29) is 26.1 Å². The average Bonchev–Trinajstić information content (AvgIpc) is 2.46. The normalized spacial score (nSPS) is 9.91. The van der Waals surface area contributed by atoms with E-state index in [4.69, 9.17) is 25.2 Å². The van der Waals surface area contributed by atoms with Crippen molar-refractivity contribution >= 4 is 11.9 Å². The maximum absolute atomic E-state index is 10.1. The van der Waals surface area contributed by atoms with Gasteiger partial charge in [-0.3, -0.25) is 9.59 Å². The first-order valence-corrected chi connectivity index (χ1v) is 7.77. The standard InChI is InChI=1S/C9H16O4.C6H14O3/c10-8(11)6-4-2-1-3-5-7-9(12)13;7-3-1-5-9-6-2-4-8/h1-7H2,(H,10,11)(H,12,13);7-8H,1-6H2. The predicted molar refractivity (Wildman–Crippen MR) is 81.8 cm³/mol. The van der Waals surface area contributed by atoms with Crippen LogP contribution in [-0.2, 0) is 14.3 Å². The second-order valence-corrected chi connectivity index (χ2v) is 4.82. The summed E-state index contributed by atoms with van der Waals surface area (Å²) in [6.07, 6.45) is 5.90. The minimum Gasteiger partial charge on any atom is -0.481 e. The molecule has 0 aliphatic heterocycles. The summed E-state index contributed by atoms with van der Waals surface area (Å²) in [7, 11) is 0. The van der Waals surface area contributed by atoms with Crippen molar-refractivity contribution in [2.45, 2.75) is 57.8 Å². The predicted octanol–water partition coefficient (Wildman–Crippen LogP) is 1.65. The van der Waals surface area contributed by atoms with E-state index in [2.05, 4.69) is 0 Å². The summed E-state index contributed by atoms with van der Waals surface area (Å²) in [6.45, 7) is 1.55. The average molecular weight is 322 g/mol. The zero-order valence-corrected chi connectivity index (χ0v) is 13.2. The Hall–Kier alpha value is -1.18. The molecule has 0 radical (unpaired) electrons. The molecule has 0 unspecified atom stereocenters. The Balaban J connectivity index is 0. The quantitative estimate of drug-likeness (QED) is 0.358. The summed E-state index contributed by atoms with van der Waals surface area (Å²) < 4.78 is 4.99. The van der Waals surface area contributed by atoms with Gasteiger partial charge in [0.15, 0.2) is 0 Å². The van der Waals surface area contributed by atoms with Crippen LogP contribution in [0.5, 0.6) is 0 Å². The van der Waals surface area contributed by atoms with E-state index in [0.29, 0.717) is 38.9 Å². The van der Waals surface area contributed by atoms with Crippen LogP contribution in [-0.4, -0.2) is 58.8 Å². The van der Waals surface area contributed by atoms with Crippen LogP contribution in [0.4, 0.5) is 0 Å². The Kier molecular flexibility index (Phi) is 20.8. The Morgan fingerprint density at radius 3 is 1.32 bits per heavy atom. The van der Waals surface area contributed by atoms with Crippen molar-refractivity contribution in [2.75, 3.05) is 26.4 Å². The molecule has 0 aromatic carbocycles. The molecule has 22 heavy (non-hydrogen) atoms. The van der Waals surface area contributed by atoms with E-state index in [0.717, 1.165) is 19.3 Å². The molecule has 0 aromatic rings. The fourth-order valence-corrected chi connectivity index (χ4v) is 1.52. The van der Waals surface area contributed by atoms with E-state index < -0.39 is 11.9 Å². The zero-order chi connectivity index (χ0) is 17.1. The molecule has 7 heteroatoms. The number of carboxylic acid groups (broad SMARTS) is 2. The van der Waals surface area contributed by atoms with Gasteiger partial charge < -0.3 is 25.2 Å². The van der Waals surface area contributed by atoms with Crippen LogP contribution < -0.4 is 0 Å². The number of aliphatic hydroxyl groups excluding tert-OH is 2. The van der Waals surface area contributed by atoms with Crippen LogP contribution in [0.25, 0.3) is 0 Å². The molecule has 0 saturated carbocycles. The van der Waals surface area contributed by atoms with Gasteiger partial charge in [-0.2, -0.15) is 0 Å². The van der Waals surface area contributed by atoms with Crippen LogP contribution in [0.1, 0.15) is 57.8 Å². The van der Waals surface area contributed by atoms with E-state index in [1.807, 2.05) is 0 Å².